The predicted molar refractivity (Wildman–Crippen MR) is 54.9 cm³/mol. The molecular weight excluding hydrogens is 194 g/mol. The molecule has 0 bridgehead atoms. The Morgan fingerprint density at radius 1 is 1.27 bits per heavy atom. The van der Waals surface area contributed by atoms with Crippen LogP contribution in [0.2, 0.25) is 0 Å². The summed E-state index contributed by atoms with van der Waals surface area (Å²) in [6.07, 6.45) is 0.975. The molecule has 1 fully saturated rings. The van der Waals surface area contributed by atoms with E-state index in [-0.39, 0.29) is 0 Å². The fourth-order valence-corrected chi connectivity index (χ4v) is 2.14. The van der Waals surface area contributed by atoms with Gasteiger partial charge in [0.15, 0.2) is 0 Å². The topological polar surface area (TPSA) is 50.5 Å². The maximum absolute atomic E-state index is 5.44. The van der Waals surface area contributed by atoms with E-state index >= 15 is 0 Å². The average Bonchev–Trinajstić information content (AvgIpc) is 2.74. The molecule has 0 unspecified atom stereocenters. The zero-order chi connectivity index (χ0) is 10.1. The Kier molecular flexibility index (Phi) is 2.34. The van der Waals surface area contributed by atoms with Crippen molar-refractivity contribution in [2.75, 3.05) is 37.7 Å². The fraction of sp³-hybridized carbons (Fsp3) is 0.700. The Labute approximate surface area is 88.4 Å². The van der Waals surface area contributed by atoms with E-state index in [1.807, 2.05) is 0 Å². The number of hydrogen-bond acceptors (Lipinski definition) is 5. The largest absolute Gasteiger partial charge is 0.378 e. The maximum atomic E-state index is 5.44. The van der Waals surface area contributed by atoms with Crippen molar-refractivity contribution in [3.8, 4) is 0 Å². The van der Waals surface area contributed by atoms with Gasteiger partial charge in [-0.05, 0) is 0 Å². The van der Waals surface area contributed by atoms with Crippen LogP contribution in [0.4, 0.5) is 5.88 Å². The monoisotopic (exact) mass is 209 g/mol. The normalized spacial score (nSPS) is 21.5. The zero-order valence-corrected chi connectivity index (χ0v) is 8.66. The minimum atomic E-state index is 0.781. The van der Waals surface area contributed by atoms with Crippen molar-refractivity contribution in [3.63, 3.8) is 0 Å². The summed E-state index contributed by atoms with van der Waals surface area (Å²) >= 11 is 0. The predicted octanol–water partition coefficient (Wildman–Crippen LogP) is 0.157. The molecule has 3 heterocycles. The molecule has 0 aliphatic carbocycles. The van der Waals surface area contributed by atoms with E-state index in [4.69, 9.17) is 9.26 Å². The van der Waals surface area contributed by atoms with Crippen LogP contribution in [-0.4, -0.2) is 38.0 Å². The molecule has 5 heteroatoms. The van der Waals surface area contributed by atoms with Gasteiger partial charge in [0, 0.05) is 32.6 Å². The number of hydrogen-bond donors (Lipinski definition) is 1. The molecule has 0 spiro atoms. The number of ether oxygens (including phenoxy) is 1. The molecule has 0 amide bonds. The first-order valence-corrected chi connectivity index (χ1v) is 5.46. The Morgan fingerprint density at radius 2 is 2.13 bits per heavy atom. The molecule has 0 saturated carbocycles. The Balaban J connectivity index is 1.87. The van der Waals surface area contributed by atoms with Gasteiger partial charge in [0.05, 0.1) is 24.5 Å². The minimum Gasteiger partial charge on any atom is -0.378 e. The Morgan fingerprint density at radius 3 is 3.00 bits per heavy atom. The number of fused-ring (bicyclic) bond motifs is 1. The van der Waals surface area contributed by atoms with Gasteiger partial charge in [-0.1, -0.05) is 5.16 Å². The molecule has 0 aromatic carbocycles. The van der Waals surface area contributed by atoms with E-state index in [9.17, 15) is 0 Å². The second kappa shape index (κ2) is 3.83. The molecule has 3 rings (SSSR count). The molecule has 82 valence electrons. The van der Waals surface area contributed by atoms with E-state index in [0.717, 1.165) is 57.4 Å². The number of nitrogens with zero attached hydrogens (tertiary/aromatic N) is 2. The van der Waals surface area contributed by atoms with Gasteiger partial charge in [-0.15, -0.1) is 0 Å². The van der Waals surface area contributed by atoms with E-state index in [2.05, 4.69) is 15.4 Å². The molecule has 0 atom stereocenters. The summed E-state index contributed by atoms with van der Waals surface area (Å²) < 4.78 is 10.8. The fourth-order valence-electron chi connectivity index (χ4n) is 2.14. The molecule has 5 nitrogen and oxygen atoms in total. The highest BCUT2D eigenvalue weighted by Crippen LogP contribution is 2.26. The van der Waals surface area contributed by atoms with Gasteiger partial charge in [-0.25, -0.2) is 0 Å². The first-order valence-electron chi connectivity index (χ1n) is 5.46. The van der Waals surface area contributed by atoms with Crippen LogP contribution in [0.3, 0.4) is 0 Å². The third kappa shape index (κ3) is 1.61. The van der Waals surface area contributed by atoms with Crippen molar-refractivity contribution in [3.05, 3.63) is 11.3 Å². The van der Waals surface area contributed by atoms with Crippen LogP contribution in [0.25, 0.3) is 0 Å². The summed E-state index contributed by atoms with van der Waals surface area (Å²) in [6.45, 7) is 5.25. The average molecular weight is 209 g/mol. The molecule has 15 heavy (non-hydrogen) atoms. The van der Waals surface area contributed by atoms with Crippen molar-refractivity contribution in [2.45, 2.75) is 13.0 Å². The molecule has 1 aromatic heterocycles. The van der Waals surface area contributed by atoms with Crippen molar-refractivity contribution in [1.29, 1.82) is 0 Å². The van der Waals surface area contributed by atoms with Crippen LogP contribution < -0.4 is 10.2 Å². The molecule has 0 radical (unpaired) electrons. The van der Waals surface area contributed by atoms with Gasteiger partial charge in [0.1, 0.15) is 0 Å². The van der Waals surface area contributed by atoms with Crippen LogP contribution in [0.15, 0.2) is 4.52 Å². The number of morpholine rings is 1. The lowest BCUT2D eigenvalue weighted by Crippen LogP contribution is -2.37. The summed E-state index contributed by atoms with van der Waals surface area (Å²) in [5.74, 6) is 0.945. The van der Waals surface area contributed by atoms with Gasteiger partial charge < -0.3 is 19.5 Å². The SMILES string of the molecule is C1Cc2noc(N3CCOCC3)c2CN1. The van der Waals surface area contributed by atoms with Gasteiger partial charge in [-0.2, -0.15) is 0 Å². The van der Waals surface area contributed by atoms with Crippen LogP contribution in [-0.2, 0) is 17.7 Å². The summed E-state index contributed by atoms with van der Waals surface area (Å²) in [4.78, 5) is 2.22. The highest BCUT2D eigenvalue weighted by Gasteiger charge is 2.24. The third-order valence-electron chi connectivity index (χ3n) is 2.99. The van der Waals surface area contributed by atoms with Gasteiger partial charge >= 0.3 is 0 Å². The maximum Gasteiger partial charge on any atom is 0.232 e. The van der Waals surface area contributed by atoms with Crippen LogP contribution in [0.5, 0.6) is 0 Å². The van der Waals surface area contributed by atoms with E-state index < -0.39 is 0 Å². The minimum absolute atomic E-state index is 0.781. The van der Waals surface area contributed by atoms with Crippen LogP contribution in [0, 0.1) is 0 Å². The van der Waals surface area contributed by atoms with Crippen LogP contribution >= 0.6 is 0 Å². The first-order chi connectivity index (χ1) is 7.45. The smallest absolute Gasteiger partial charge is 0.232 e. The second-order valence-corrected chi connectivity index (χ2v) is 3.94. The zero-order valence-electron chi connectivity index (χ0n) is 8.66. The number of nitrogens with one attached hydrogen (secondary N) is 1. The molecule has 2 aliphatic rings. The van der Waals surface area contributed by atoms with E-state index in [1.54, 1.807) is 0 Å². The molecule has 1 N–H and O–H groups in total. The molecular formula is C10H15N3O2. The highest BCUT2D eigenvalue weighted by molar-refractivity contribution is 5.47. The third-order valence-corrected chi connectivity index (χ3v) is 2.99. The summed E-state index contributed by atoms with van der Waals surface area (Å²) in [7, 11) is 0. The lowest BCUT2D eigenvalue weighted by Gasteiger charge is -2.27. The molecule has 2 aliphatic heterocycles. The Hall–Kier alpha value is -1.07. The Bertz CT molecular complexity index is 344. The highest BCUT2D eigenvalue weighted by atomic mass is 16.5. The van der Waals surface area contributed by atoms with Gasteiger partial charge in [-0.3, -0.25) is 0 Å². The number of aromatic nitrogens is 1. The van der Waals surface area contributed by atoms with Gasteiger partial charge in [0.2, 0.25) is 5.88 Å². The lowest BCUT2D eigenvalue weighted by atomic mass is 10.1. The van der Waals surface area contributed by atoms with E-state index in [1.165, 1.54) is 5.56 Å². The number of anilines is 1. The van der Waals surface area contributed by atoms with Crippen molar-refractivity contribution >= 4 is 5.88 Å². The number of rotatable bonds is 1. The quantitative estimate of drug-likeness (QED) is 0.714. The summed E-state index contributed by atoms with van der Waals surface area (Å²) in [6, 6.07) is 0. The van der Waals surface area contributed by atoms with Crippen molar-refractivity contribution in [1.82, 2.24) is 10.5 Å². The second-order valence-electron chi connectivity index (χ2n) is 3.94. The molecule has 1 aromatic rings. The van der Waals surface area contributed by atoms with Crippen molar-refractivity contribution in [2.24, 2.45) is 0 Å². The lowest BCUT2D eigenvalue weighted by molar-refractivity contribution is 0.120. The first kappa shape index (κ1) is 9.18. The summed E-state index contributed by atoms with van der Waals surface area (Å²) in [5, 5.41) is 7.48. The van der Waals surface area contributed by atoms with Gasteiger partial charge in [0.25, 0.3) is 0 Å². The van der Waals surface area contributed by atoms with Crippen molar-refractivity contribution < 1.29 is 9.26 Å². The standard InChI is InChI=1S/C10H15N3O2/c1-2-11-7-8-9(1)12-15-10(8)13-3-5-14-6-4-13/h11H,1-7H2. The summed E-state index contributed by atoms with van der Waals surface area (Å²) in [5.41, 5.74) is 2.36. The molecule has 1 saturated heterocycles. The van der Waals surface area contributed by atoms with E-state index in [0.29, 0.717) is 0 Å². The van der Waals surface area contributed by atoms with Crippen LogP contribution in [0.1, 0.15) is 11.3 Å².